The van der Waals surface area contributed by atoms with Gasteiger partial charge in [-0.05, 0) is 73.1 Å². The van der Waals surface area contributed by atoms with E-state index in [0.717, 1.165) is 0 Å². The number of aromatic nitrogens is 3. The summed E-state index contributed by atoms with van der Waals surface area (Å²) >= 11 is 0. The molecule has 0 saturated carbocycles. The van der Waals surface area contributed by atoms with Gasteiger partial charge in [0.1, 0.15) is 40.0 Å². The molecule has 0 bridgehead atoms. The Balaban J connectivity index is 1.78. The van der Waals surface area contributed by atoms with Gasteiger partial charge in [-0.3, -0.25) is 20.4 Å². The molecule has 41 heavy (non-hydrogen) atoms. The molecule has 4 heterocycles. The average molecular weight is 589 g/mol. The van der Waals surface area contributed by atoms with Crippen molar-refractivity contribution in [2.45, 2.75) is 75.1 Å². The summed E-state index contributed by atoms with van der Waals surface area (Å²) in [5.41, 5.74) is 5.88. The zero-order valence-corrected chi connectivity index (χ0v) is 25.1. The number of carbonyl (C=O) groups is 2. The summed E-state index contributed by atoms with van der Waals surface area (Å²) in [7, 11) is 0.902. The third kappa shape index (κ3) is 5.68. The Morgan fingerprint density at radius 1 is 1.15 bits per heavy atom. The molecule has 2 aromatic rings. The second kappa shape index (κ2) is 11.1. The maximum atomic E-state index is 15.7. The van der Waals surface area contributed by atoms with Gasteiger partial charge in [0, 0.05) is 5.49 Å². The molecular formula is C27H37FN8O4S. The number of anilines is 1. The number of hydrogen-bond donors (Lipinski definition) is 4. The number of nitrogens with zero attached hydrogens (tertiary/aromatic N) is 4. The van der Waals surface area contributed by atoms with Gasteiger partial charge in [-0.1, -0.05) is 0 Å². The van der Waals surface area contributed by atoms with Crippen LogP contribution in [0.4, 0.5) is 15.0 Å². The average Bonchev–Trinajstić information content (AvgIpc) is 2.87. The largest absolute Gasteiger partial charge is 0.480 e. The molecule has 5 N–H and O–H groups in total. The van der Waals surface area contributed by atoms with Gasteiger partial charge in [0.15, 0.2) is 0 Å². The monoisotopic (exact) mass is 588 g/mol. The smallest absolute Gasteiger partial charge is 0.413 e. The van der Waals surface area contributed by atoms with Crippen molar-refractivity contribution in [3.63, 3.8) is 0 Å². The summed E-state index contributed by atoms with van der Waals surface area (Å²) in [6.07, 6.45) is 3.15. The Labute approximate surface area is 241 Å². The van der Waals surface area contributed by atoms with Gasteiger partial charge in [0.05, 0.1) is 29.1 Å². The van der Waals surface area contributed by atoms with Crippen LogP contribution in [0.15, 0.2) is 29.5 Å². The molecule has 0 fully saturated rings. The lowest BCUT2D eigenvalue weighted by molar-refractivity contribution is 0.0560. The number of amides is 2. The number of rotatable bonds is 7. The molecule has 12 nitrogen and oxygen atoms in total. The SMILES string of the molecule is COc1cnc(C(=O)Nc2ccc(F)c([C@@]3(C)N=C(NC(=O)OC(C)(C)C)C(C)(C)[S@]4=CN[C@]43CCCN)n2)cn1. The van der Waals surface area contributed by atoms with E-state index in [1.165, 1.54) is 31.6 Å². The van der Waals surface area contributed by atoms with E-state index < -0.39 is 49.1 Å². The Bertz CT molecular complexity index is 1410. The molecule has 0 aromatic carbocycles. The summed E-state index contributed by atoms with van der Waals surface area (Å²) in [5, 5.41) is 8.92. The molecule has 0 spiro atoms. The van der Waals surface area contributed by atoms with Gasteiger partial charge < -0.3 is 20.5 Å². The standard InChI is InChI=1S/C27H37FN8O4S/c1-24(2,3)40-23(38)35-22-25(4,5)41-15-32-27(41,11-8-12-29)26(6,36-22)20-16(28)9-10-18(33-20)34-21(37)17-13-31-19(39-7)14-30-17/h9-10,13-15,32H,8,11-12,29H2,1-7H3,(H,33,34,37)(H,35,36,38)/t26-,27-,41-/m1/s1. The Morgan fingerprint density at radius 2 is 1.88 bits per heavy atom. The number of halogens is 1. The first-order valence-electron chi connectivity index (χ1n) is 13.2. The zero-order chi connectivity index (χ0) is 30.2. The van der Waals surface area contributed by atoms with Gasteiger partial charge in [0.2, 0.25) is 5.88 Å². The minimum atomic E-state index is -1.30. The van der Waals surface area contributed by atoms with E-state index in [1.807, 2.05) is 19.3 Å². The lowest BCUT2D eigenvalue weighted by Gasteiger charge is -2.60. The second-order valence-electron chi connectivity index (χ2n) is 11.4. The third-order valence-electron chi connectivity index (χ3n) is 7.00. The summed E-state index contributed by atoms with van der Waals surface area (Å²) in [4.78, 5) is 42.5. The highest BCUT2D eigenvalue weighted by Crippen LogP contribution is 2.61. The predicted molar refractivity (Wildman–Crippen MR) is 157 cm³/mol. The van der Waals surface area contributed by atoms with Crippen molar-refractivity contribution in [3.8, 4) is 5.88 Å². The molecule has 2 aliphatic rings. The molecule has 3 atom stereocenters. The lowest BCUT2D eigenvalue weighted by Crippen LogP contribution is -2.70. The molecule has 0 radical (unpaired) electrons. The van der Waals surface area contributed by atoms with E-state index in [0.29, 0.717) is 25.2 Å². The van der Waals surface area contributed by atoms with E-state index in [-0.39, 0.29) is 23.1 Å². The third-order valence-corrected chi connectivity index (χ3v) is 10.1. The van der Waals surface area contributed by atoms with E-state index >= 15 is 4.39 Å². The first kappa shape index (κ1) is 30.5. The highest BCUT2D eigenvalue weighted by atomic mass is 32.2. The normalized spacial score (nSPS) is 24.6. The summed E-state index contributed by atoms with van der Waals surface area (Å²) in [6.45, 7) is 11.5. The quantitative estimate of drug-likeness (QED) is 0.355. The highest BCUT2D eigenvalue weighted by Gasteiger charge is 2.63. The van der Waals surface area contributed by atoms with Gasteiger partial charge in [-0.15, -0.1) is 10.5 Å². The van der Waals surface area contributed by atoms with Crippen LogP contribution in [0.1, 0.15) is 70.6 Å². The molecule has 2 aliphatic heterocycles. The number of fused-ring (bicyclic) bond motifs is 1. The molecule has 2 amide bonds. The number of carbonyl (C=O) groups excluding carboxylic acids is 2. The van der Waals surface area contributed by atoms with Crippen LogP contribution in [-0.4, -0.2) is 67.2 Å². The molecule has 14 heteroatoms. The van der Waals surface area contributed by atoms with Gasteiger partial charge in [0.25, 0.3) is 5.91 Å². The van der Waals surface area contributed by atoms with Crippen molar-refractivity contribution in [1.82, 2.24) is 25.6 Å². The van der Waals surface area contributed by atoms with Crippen molar-refractivity contribution in [1.29, 1.82) is 0 Å². The van der Waals surface area contributed by atoms with Crippen LogP contribution in [-0.2, 0) is 10.3 Å². The number of hydrogen-bond acceptors (Lipinski definition) is 10. The second-order valence-corrected chi connectivity index (χ2v) is 14.0. The lowest BCUT2D eigenvalue weighted by atomic mass is 9.83. The molecule has 0 unspecified atom stereocenters. The summed E-state index contributed by atoms with van der Waals surface area (Å²) in [5.74, 6) is -0.483. The van der Waals surface area contributed by atoms with Crippen molar-refractivity contribution in [2.24, 2.45) is 10.7 Å². The van der Waals surface area contributed by atoms with Gasteiger partial charge >= 0.3 is 6.09 Å². The van der Waals surface area contributed by atoms with Crippen LogP contribution in [0, 0.1) is 5.82 Å². The van der Waals surface area contributed by atoms with E-state index in [4.69, 9.17) is 20.2 Å². The molecule has 222 valence electrons. The first-order valence-corrected chi connectivity index (χ1v) is 14.4. The van der Waals surface area contributed by atoms with E-state index in [9.17, 15) is 9.59 Å². The number of ether oxygens (including phenoxy) is 2. The maximum absolute atomic E-state index is 15.7. The molecular weight excluding hydrogens is 551 g/mol. The zero-order valence-electron chi connectivity index (χ0n) is 24.3. The maximum Gasteiger partial charge on any atom is 0.413 e. The minimum Gasteiger partial charge on any atom is -0.480 e. The summed E-state index contributed by atoms with van der Waals surface area (Å²) in [6, 6.07) is 2.59. The highest BCUT2D eigenvalue weighted by molar-refractivity contribution is 8.19. The van der Waals surface area contributed by atoms with E-state index in [2.05, 4.69) is 30.9 Å². The Hall–Kier alpha value is -3.49. The number of nitrogens with two attached hydrogens (primary N) is 1. The number of alkyl carbamates (subject to hydrolysis) is 1. The first-order chi connectivity index (χ1) is 19.2. The minimum absolute atomic E-state index is 0.00484. The number of amidine groups is 1. The van der Waals surface area contributed by atoms with Crippen LogP contribution in [0.5, 0.6) is 5.88 Å². The van der Waals surface area contributed by atoms with Crippen LogP contribution in [0.2, 0.25) is 0 Å². The predicted octanol–water partition coefficient (Wildman–Crippen LogP) is 3.27. The Morgan fingerprint density at radius 3 is 2.44 bits per heavy atom. The van der Waals surface area contributed by atoms with E-state index in [1.54, 1.807) is 27.7 Å². The molecule has 0 aliphatic carbocycles. The van der Waals surface area contributed by atoms with Crippen molar-refractivity contribution in [3.05, 3.63) is 41.7 Å². The topological polar surface area (TPSA) is 166 Å². The van der Waals surface area contributed by atoms with Crippen molar-refractivity contribution < 1.29 is 23.5 Å². The van der Waals surface area contributed by atoms with Gasteiger partial charge in [-0.25, -0.2) is 24.1 Å². The number of nitrogens with one attached hydrogen (secondary N) is 3. The van der Waals surface area contributed by atoms with Crippen LogP contribution in [0.25, 0.3) is 0 Å². The van der Waals surface area contributed by atoms with Gasteiger partial charge in [-0.2, -0.15) is 0 Å². The van der Waals surface area contributed by atoms with Crippen molar-refractivity contribution >= 4 is 39.6 Å². The molecule has 4 rings (SSSR count). The fourth-order valence-corrected chi connectivity index (χ4v) is 7.85. The van der Waals surface area contributed by atoms with Crippen LogP contribution >= 0.6 is 10.5 Å². The Kier molecular flexibility index (Phi) is 8.22. The van der Waals surface area contributed by atoms with Crippen LogP contribution < -0.4 is 26.4 Å². The number of methoxy groups -OCH3 is 1. The fourth-order valence-electron chi connectivity index (χ4n) is 4.92. The number of aliphatic imine (C=N–C) groups is 1. The fraction of sp³-hybridized carbons (Fsp3) is 0.519. The summed E-state index contributed by atoms with van der Waals surface area (Å²) < 4.78 is 25.6. The molecule has 0 saturated heterocycles. The number of pyridine rings is 1. The van der Waals surface area contributed by atoms with Crippen molar-refractivity contribution in [2.75, 3.05) is 19.0 Å². The molecule has 2 aromatic heterocycles. The van der Waals surface area contributed by atoms with Crippen LogP contribution in [0.3, 0.4) is 0 Å².